The number of nitrogens with zero attached hydrogens (tertiary/aromatic N) is 2. The Kier molecular flexibility index (Phi) is 5.74. The number of thioether (sulfide) groups is 1. The average molecular weight is 434 g/mol. The zero-order chi connectivity index (χ0) is 19.5. The summed E-state index contributed by atoms with van der Waals surface area (Å²) in [7, 11) is 0. The fraction of sp³-hybridized carbons (Fsp3) is 0.211. The van der Waals surface area contributed by atoms with E-state index < -0.39 is 11.9 Å². The van der Waals surface area contributed by atoms with Crippen LogP contribution in [0, 0.1) is 5.82 Å². The van der Waals surface area contributed by atoms with E-state index in [0.717, 1.165) is 15.6 Å². The Morgan fingerprint density at radius 1 is 1.25 bits per heavy atom. The molecule has 0 bridgehead atoms. The van der Waals surface area contributed by atoms with Crippen LogP contribution in [0.15, 0.2) is 47.2 Å². The lowest BCUT2D eigenvalue weighted by Crippen LogP contribution is -2.47. The summed E-state index contributed by atoms with van der Waals surface area (Å²) < 4.78 is 13.4. The van der Waals surface area contributed by atoms with Crippen LogP contribution in [0.2, 0.25) is 0 Å². The summed E-state index contributed by atoms with van der Waals surface area (Å²) in [4.78, 5) is 32.5. The lowest BCUT2D eigenvalue weighted by molar-refractivity contribution is -0.124. The summed E-state index contributed by atoms with van der Waals surface area (Å²) in [6.45, 7) is 0.309. The maximum absolute atomic E-state index is 13.4. The van der Waals surface area contributed by atoms with Crippen LogP contribution in [0.4, 0.5) is 4.39 Å². The van der Waals surface area contributed by atoms with E-state index in [9.17, 15) is 14.0 Å². The summed E-state index contributed by atoms with van der Waals surface area (Å²) in [5.41, 5.74) is 1.04. The number of nitrogens with one attached hydrogen (secondary N) is 1. The number of benzene rings is 1. The highest BCUT2D eigenvalue weighted by molar-refractivity contribution is 7.99. The second kappa shape index (κ2) is 8.42. The number of amides is 2. The molecule has 0 saturated carbocycles. The van der Waals surface area contributed by atoms with Crippen LogP contribution in [-0.4, -0.2) is 39.4 Å². The van der Waals surface area contributed by atoms with Gasteiger partial charge in [-0.25, -0.2) is 9.37 Å². The molecule has 1 aliphatic heterocycles. The van der Waals surface area contributed by atoms with Crippen LogP contribution >= 0.6 is 34.4 Å². The SMILES string of the molecule is O=C(NCc1csc(-c2cccs2)n1)[C@H]1CSCN1C(=O)c1cccc(F)c1. The predicted molar refractivity (Wildman–Crippen MR) is 111 cm³/mol. The lowest BCUT2D eigenvalue weighted by Gasteiger charge is -2.23. The Bertz CT molecular complexity index is 990. The Morgan fingerprint density at radius 2 is 2.14 bits per heavy atom. The van der Waals surface area contributed by atoms with Crippen LogP contribution < -0.4 is 5.32 Å². The Morgan fingerprint density at radius 3 is 2.93 bits per heavy atom. The topological polar surface area (TPSA) is 62.3 Å². The van der Waals surface area contributed by atoms with E-state index in [1.54, 1.807) is 17.4 Å². The molecule has 4 rings (SSSR count). The molecule has 1 N–H and O–H groups in total. The number of halogens is 1. The summed E-state index contributed by atoms with van der Waals surface area (Å²) in [6, 6.07) is 8.96. The van der Waals surface area contributed by atoms with Crippen molar-refractivity contribution in [3.05, 3.63) is 64.2 Å². The molecule has 0 spiro atoms. The molecular weight excluding hydrogens is 417 g/mol. The average Bonchev–Trinajstić information content (AvgIpc) is 3.46. The molecule has 28 heavy (non-hydrogen) atoms. The first-order valence-electron chi connectivity index (χ1n) is 8.52. The third kappa shape index (κ3) is 4.11. The van der Waals surface area contributed by atoms with Crippen LogP contribution in [0.1, 0.15) is 16.1 Å². The predicted octanol–water partition coefficient (Wildman–Crippen LogP) is 3.84. The Hall–Kier alpha value is -2.23. The van der Waals surface area contributed by atoms with Gasteiger partial charge in [0.1, 0.15) is 16.9 Å². The van der Waals surface area contributed by atoms with Crippen molar-refractivity contribution >= 4 is 46.2 Å². The standard InChI is InChI=1S/C19H16FN3O2S3/c20-13-4-1-3-12(7-13)19(25)23-11-26-10-15(23)17(24)21-8-14-9-28-18(22-14)16-5-2-6-27-16/h1-7,9,15H,8,10-11H2,(H,21,24)/t15-/m1/s1. The van der Waals surface area contributed by atoms with Crippen molar-refractivity contribution in [1.82, 2.24) is 15.2 Å². The van der Waals surface area contributed by atoms with Gasteiger partial charge in [-0.05, 0) is 29.6 Å². The molecule has 1 saturated heterocycles. The maximum atomic E-state index is 13.4. The number of carbonyl (C=O) groups is 2. The van der Waals surface area contributed by atoms with Gasteiger partial charge in [0.15, 0.2) is 0 Å². The Labute approximate surface area is 173 Å². The molecular formula is C19H16FN3O2S3. The molecule has 1 aromatic carbocycles. The van der Waals surface area contributed by atoms with Crippen molar-refractivity contribution in [3.63, 3.8) is 0 Å². The van der Waals surface area contributed by atoms with Crippen molar-refractivity contribution in [3.8, 4) is 9.88 Å². The van der Waals surface area contributed by atoms with E-state index in [0.29, 0.717) is 18.2 Å². The van der Waals surface area contributed by atoms with Crippen molar-refractivity contribution in [1.29, 1.82) is 0 Å². The highest BCUT2D eigenvalue weighted by Gasteiger charge is 2.35. The quantitative estimate of drug-likeness (QED) is 0.664. The van der Waals surface area contributed by atoms with E-state index in [-0.39, 0.29) is 17.4 Å². The van der Waals surface area contributed by atoms with Gasteiger partial charge in [-0.3, -0.25) is 9.59 Å². The number of aromatic nitrogens is 1. The second-order valence-electron chi connectivity index (χ2n) is 6.14. The fourth-order valence-electron chi connectivity index (χ4n) is 2.84. The molecule has 2 aromatic heterocycles. The minimum Gasteiger partial charge on any atom is -0.349 e. The molecule has 1 fully saturated rings. The molecule has 1 aliphatic rings. The first-order chi connectivity index (χ1) is 13.6. The van der Waals surface area contributed by atoms with Crippen LogP contribution in [-0.2, 0) is 11.3 Å². The maximum Gasteiger partial charge on any atom is 0.255 e. The van der Waals surface area contributed by atoms with E-state index >= 15 is 0 Å². The fourth-order valence-corrected chi connectivity index (χ4v) is 5.63. The zero-order valence-corrected chi connectivity index (χ0v) is 17.1. The van der Waals surface area contributed by atoms with Crippen LogP contribution in [0.3, 0.4) is 0 Å². The molecule has 3 aromatic rings. The highest BCUT2D eigenvalue weighted by atomic mass is 32.2. The summed E-state index contributed by atoms with van der Waals surface area (Å²) in [5, 5.41) is 7.73. The smallest absolute Gasteiger partial charge is 0.255 e. The minimum atomic E-state index is -0.573. The number of thiazole rings is 1. The lowest BCUT2D eigenvalue weighted by atomic mass is 10.1. The number of hydrogen-bond acceptors (Lipinski definition) is 6. The summed E-state index contributed by atoms with van der Waals surface area (Å²) in [5.74, 6) is -0.0978. The van der Waals surface area contributed by atoms with Gasteiger partial charge < -0.3 is 10.2 Å². The molecule has 9 heteroatoms. The number of rotatable bonds is 5. The molecule has 1 atom stereocenters. The highest BCUT2D eigenvalue weighted by Crippen LogP contribution is 2.28. The van der Waals surface area contributed by atoms with Gasteiger partial charge >= 0.3 is 0 Å². The van der Waals surface area contributed by atoms with Gasteiger partial charge in [0.25, 0.3) is 5.91 Å². The summed E-state index contributed by atoms with van der Waals surface area (Å²) in [6.07, 6.45) is 0. The van der Waals surface area contributed by atoms with Crippen molar-refractivity contribution in [2.45, 2.75) is 12.6 Å². The van der Waals surface area contributed by atoms with Gasteiger partial charge in [0.05, 0.1) is 23.0 Å². The molecule has 3 heterocycles. The monoisotopic (exact) mass is 433 g/mol. The van der Waals surface area contributed by atoms with Gasteiger partial charge in [0, 0.05) is 16.7 Å². The first kappa shape index (κ1) is 19.1. The Balaban J connectivity index is 1.39. The van der Waals surface area contributed by atoms with Crippen molar-refractivity contribution < 1.29 is 14.0 Å². The molecule has 0 aliphatic carbocycles. The number of carbonyl (C=O) groups excluding carboxylic acids is 2. The van der Waals surface area contributed by atoms with Gasteiger partial charge in [-0.15, -0.1) is 34.4 Å². The van der Waals surface area contributed by atoms with E-state index in [2.05, 4.69) is 10.3 Å². The second-order valence-corrected chi connectivity index (χ2v) is 8.95. The summed E-state index contributed by atoms with van der Waals surface area (Å²) >= 11 is 4.67. The van der Waals surface area contributed by atoms with E-state index in [1.165, 1.54) is 46.2 Å². The molecule has 5 nitrogen and oxygen atoms in total. The molecule has 0 radical (unpaired) electrons. The van der Waals surface area contributed by atoms with E-state index in [4.69, 9.17) is 0 Å². The van der Waals surface area contributed by atoms with Gasteiger partial charge in [0.2, 0.25) is 5.91 Å². The molecule has 144 valence electrons. The van der Waals surface area contributed by atoms with Crippen LogP contribution in [0.25, 0.3) is 9.88 Å². The van der Waals surface area contributed by atoms with Crippen LogP contribution in [0.5, 0.6) is 0 Å². The van der Waals surface area contributed by atoms with Crippen molar-refractivity contribution in [2.75, 3.05) is 11.6 Å². The van der Waals surface area contributed by atoms with E-state index in [1.807, 2.05) is 22.9 Å². The van der Waals surface area contributed by atoms with Gasteiger partial charge in [-0.2, -0.15) is 0 Å². The number of thiophene rings is 1. The normalized spacial score (nSPS) is 16.3. The molecule has 2 amide bonds. The minimum absolute atomic E-state index is 0.222. The zero-order valence-electron chi connectivity index (χ0n) is 14.6. The number of hydrogen-bond donors (Lipinski definition) is 1. The third-order valence-electron chi connectivity index (χ3n) is 4.24. The van der Waals surface area contributed by atoms with Crippen molar-refractivity contribution in [2.24, 2.45) is 0 Å². The largest absolute Gasteiger partial charge is 0.349 e. The third-order valence-corrected chi connectivity index (χ3v) is 7.19. The molecule has 0 unspecified atom stereocenters. The van der Waals surface area contributed by atoms with Gasteiger partial charge in [-0.1, -0.05) is 12.1 Å². The first-order valence-corrected chi connectivity index (χ1v) is 11.4.